The highest BCUT2D eigenvalue weighted by molar-refractivity contribution is 7.98. The minimum absolute atomic E-state index is 0.201. The van der Waals surface area contributed by atoms with Crippen molar-refractivity contribution >= 4 is 75.1 Å². The Bertz CT molecular complexity index is 2460. The van der Waals surface area contributed by atoms with Crippen LogP contribution in [0.3, 0.4) is 0 Å². The number of carbonyl (C=O) groups is 1. The SMILES string of the molecule is CSc1cc(C(=O)NSc2ccc(N3CCN(CC4=C(c5ccc(Cl)cc5)CC(C)(C)CC4)CC3)cc2Oc2cnc3[nH]ccc3c2)ccc1COc1ccc(Cl)cc1. The third-order valence-electron chi connectivity index (χ3n) is 11.1. The zero-order valence-electron chi connectivity index (χ0n) is 33.4. The molecule has 59 heavy (non-hydrogen) atoms. The monoisotopic (exact) mass is 863 g/mol. The molecule has 304 valence electrons. The van der Waals surface area contributed by atoms with Crippen LogP contribution in [0.5, 0.6) is 17.2 Å². The van der Waals surface area contributed by atoms with Crippen LogP contribution in [0, 0.1) is 5.41 Å². The van der Waals surface area contributed by atoms with Gasteiger partial charge in [0.1, 0.15) is 29.5 Å². The number of amides is 1. The Morgan fingerprint density at radius 3 is 2.41 bits per heavy atom. The summed E-state index contributed by atoms with van der Waals surface area (Å²) in [5.74, 6) is 1.80. The number of carbonyl (C=O) groups excluding carboxylic acids is 1. The highest BCUT2D eigenvalue weighted by atomic mass is 35.5. The summed E-state index contributed by atoms with van der Waals surface area (Å²) in [4.78, 5) is 28.0. The first-order valence-corrected chi connectivity index (χ1v) is 22.6. The highest BCUT2D eigenvalue weighted by Gasteiger charge is 2.29. The normalized spacial score (nSPS) is 15.7. The number of H-pyrrole nitrogens is 1. The first-order valence-electron chi connectivity index (χ1n) is 19.8. The molecule has 1 saturated heterocycles. The molecule has 0 unspecified atom stereocenters. The first-order chi connectivity index (χ1) is 28.6. The van der Waals surface area contributed by atoms with Gasteiger partial charge in [0, 0.05) is 82.1 Å². The maximum absolute atomic E-state index is 13.6. The molecule has 1 fully saturated rings. The summed E-state index contributed by atoms with van der Waals surface area (Å²) in [7, 11) is 0. The zero-order valence-corrected chi connectivity index (χ0v) is 36.5. The lowest BCUT2D eigenvalue weighted by Crippen LogP contribution is -2.47. The van der Waals surface area contributed by atoms with Gasteiger partial charge in [-0.05, 0) is 127 Å². The molecule has 1 aliphatic carbocycles. The molecule has 1 aliphatic heterocycles. The summed E-state index contributed by atoms with van der Waals surface area (Å²) in [5.41, 5.74) is 8.04. The molecule has 0 atom stereocenters. The summed E-state index contributed by atoms with van der Waals surface area (Å²) >= 11 is 15.1. The van der Waals surface area contributed by atoms with Crippen molar-refractivity contribution in [2.75, 3.05) is 43.9 Å². The Hall–Kier alpha value is -4.58. The number of nitrogens with zero attached hydrogens (tertiary/aromatic N) is 3. The fraction of sp³-hybridized carbons (Fsp3) is 0.277. The van der Waals surface area contributed by atoms with E-state index in [1.807, 2.05) is 73.1 Å². The summed E-state index contributed by atoms with van der Waals surface area (Å²) < 4.78 is 15.6. The average molecular weight is 865 g/mol. The van der Waals surface area contributed by atoms with Crippen LogP contribution in [0.2, 0.25) is 10.0 Å². The van der Waals surface area contributed by atoms with Crippen molar-refractivity contribution in [3.8, 4) is 17.2 Å². The van der Waals surface area contributed by atoms with E-state index in [2.05, 4.69) is 62.6 Å². The number of allylic oxidation sites excluding steroid dienone is 1. The molecular formula is C47H47Cl2N5O3S2. The Morgan fingerprint density at radius 2 is 1.64 bits per heavy atom. The molecule has 2 aliphatic rings. The van der Waals surface area contributed by atoms with Crippen LogP contribution in [0.15, 0.2) is 125 Å². The van der Waals surface area contributed by atoms with Gasteiger partial charge in [-0.3, -0.25) is 14.4 Å². The standard InChI is InChI=1S/C47H47Cl2N5O3S2/c1-47(2)18-16-34(41(27-47)31-6-8-36(48)9-7-31)29-53-20-22-54(23-21-53)38-12-15-43(42(26-38)57-40-24-32-17-19-50-45(32)51-28-40)59-52-46(55)33-4-5-35(44(25-33)58-3)30-56-39-13-10-37(49)11-14-39/h4-15,17,19,24-26,28H,16,18,20-23,27,29-30H2,1-3H3,(H,50,51)(H,52,55). The van der Waals surface area contributed by atoms with Gasteiger partial charge in [0.05, 0.1) is 11.1 Å². The molecular weight excluding hydrogens is 818 g/mol. The maximum atomic E-state index is 13.6. The van der Waals surface area contributed by atoms with Gasteiger partial charge in [-0.15, -0.1) is 11.8 Å². The lowest BCUT2D eigenvalue weighted by atomic mass is 9.72. The predicted molar refractivity (Wildman–Crippen MR) is 245 cm³/mol. The number of aromatic amines is 1. The number of thioether (sulfide) groups is 1. The number of hydrogen-bond acceptors (Lipinski definition) is 8. The Morgan fingerprint density at radius 1 is 0.881 bits per heavy atom. The Labute approximate surface area is 364 Å². The molecule has 0 radical (unpaired) electrons. The molecule has 0 spiro atoms. The van der Waals surface area contributed by atoms with Gasteiger partial charge in [0.2, 0.25) is 0 Å². The van der Waals surface area contributed by atoms with Gasteiger partial charge in [0.15, 0.2) is 0 Å². The molecule has 2 N–H and O–H groups in total. The molecule has 0 bridgehead atoms. The largest absolute Gasteiger partial charge is 0.489 e. The molecule has 12 heteroatoms. The highest BCUT2D eigenvalue weighted by Crippen LogP contribution is 2.44. The van der Waals surface area contributed by atoms with E-state index in [1.54, 1.807) is 35.7 Å². The van der Waals surface area contributed by atoms with E-state index in [4.69, 9.17) is 32.7 Å². The molecule has 2 aromatic heterocycles. The smallest absolute Gasteiger partial charge is 0.261 e. The van der Waals surface area contributed by atoms with Crippen LogP contribution >= 0.6 is 46.9 Å². The van der Waals surface area contributed by atoms with E-state index >= 15 is 0 Å². The second kappa shape index (κ2) is 18.4. The second-order valence-electron chi connectivity index (χ2n) is 15.8. The van der Waals surface area contributed by atoms with Gasteiger partial charge in [-0.2, -0.15) is 0 Å². The number of anilines is 1. The molecule has 4 aromatic carbocycles. The number of hydrogen-bond donors (Lipinski definition) is 2. The minimum Gasteiger partial charge on any atom is -0.489 e. The summed E-state index contributed by atoms with van der Waals surface area (Å²) in [6, 6.07) is 31.5. The lowest BCUT2D eigenvalue weighted by Gasteiger charge is -2.39. The summed E-state index contributed by atoms with van der Waals surface area (Å²) in [6.07, 6.45) is 8.98. The van der Waals surface area contributed by atoms with E-state index in [9.17, 15) is 4.79 Å². The van der Waals surface area contributed by atoms with Crippen molar-refractivity contribution in [1.82, 2.24) is 19.6 Å². The Balaban J connectivity index is 0.959. The molecule has 0 saturated carbocycles. The van der Waals surface area contributed by atoms with E-state index in [0.717, 1.165) is 88.4 Å². The van der Waals surface area contributed by atoms with Crippen LogP contribution < -0.4 is 19.1 Å². The summed E-state index contributed by atoms with van der Waals surface area (Å²) in [5, 5.41) is 2.39. The van der Waals surface area contributed by atoms with Crippen LogP contribution in [-0.2, 0) is 6.61 Å². The fourth-order valence-corrected chi connectivity index (χ4v) is 9.26. The topological polar surface area (TPSA) is 82.7 Å². The van der Waals surface area contributed by atoms with Crippen molar-refractivity contribution in [1.29, 1.82) is 0 Å². The van der Waals surface area contributed by atoms with Crippen molar-refractivity contribution in [2.24, 2.45) is 5.41 Å². The van der Waals surface area contributed by atoms with Crippen LogP contribution in [0.4, 0.5) is 5.69 Å². The molecule has 3 heterocycles. The number of piperazine rings is 1. The predicted octanol–water partition coefficient (Wildman–Crippen LogP) is 12.2. The summed E-state index contributed by atoms with van der Waals surface area (Å²) in [6.45, 7) is 9.83. The number of nitrogens with one attached hydrogen (secondary N) is 2. The third-order valence-corrected chi connectivity index (χ3v) is 13.2. The maximum Gasteiger partial charge on any atom is 0.261 e. The lowest BCUT2D eigenvalue weighted by molar-refractivity contribution is 0.0984. The molecule has 8 nitrogen and oxygen atoms in total. The van der Waals surface area contributed by atoms with Gasteiger partial charge in [0.25, 0.3) is 5.91 Å². The number of fused-ring (bicyclic) bond motifs is 1. The first kappa shape index (κ1) is 41.2. The quantitative estimate of drug-likeness (QED) is 0.0877. The third kappa shape index (κ3) is 10.2. The van der Waals surface area contributed by atoms with Gasteiger partial charge in [-0.25, -0.2) is 4.98 Å². The van der Waals surface area contributed by atoms with Crippen LogP contribution in [0.1, 0.15) is 54.6 Å². The Kier molecular flexibility index (Phi) is 12.8. The minimum atomic E-state index is -0.201. The number of aromatic nitrogens is 2. The van der Waals surface area contributed by atoms with Crippen molar-refractivity contribution < 1.29 is 14.3 Å². The van der Waals surface area contributed by atoms with Gasteiger partial charge >= 0.3 is 0 Å². The van der Waals surface area contributed by atoms with E-state index in [1.165, 1.54) is 29.5 Å². The number of benzene rings is 4. The molecule has 8 rings (SSSR count). The van der Waals surface area contributed by atoms with E-state index < -0.39 is 0 Å². The fourth-order valence-electron chi connectivity index (χ4n) is 7.72. The van der Waals surface area contributed by atoms with Gasteiger partial charge < -0.3 is 19.4 Å². The average Bonchev–Trinajstić information content (AvgIpc) is 3.72. The number of ether oxygens (including phenoxy) is 2. The van der Waals surface area contributed by atoms with E-state index in [-0.39, 0.29) is 11.3 Å². The molecule has 1 amide bonds. The zero-order chi connectivity index (χ0) is 40.9. The van der Waals surface area contributed by atoms with Crippen molar-refractivity contribution in [3.63, 3.8) is 0 Å². The van der Waals surface area contributed by atoms with Crippen LogP contribution in [-0.4, -0.2) is 59.8 Å². The second-order valence-corrected chi connectivity index (χ2v) is 18.4. The number of pyridine rings is 1. The van der Waals surface area contributed by atoms with Gasteiger partial charge in [-0.1, -0.05) is 60.8 Å². The van der Waals surface area contributed by atoms with Crippen molar-refractivity contribution in [2.45, 2.75) is 49.5 Å². The van der Waals surface area contributed by atoms with Crippen LogP contribution in [0.25, 0.3) is 16.6 Å². The number of halogens is 2. The number of rotatable bonds is 13. The van der Waals surface area contributed by atoms with Crippen molar-refractivity contribution in [3.05, 3.63) is 142 Å². The van der Waals surface area contributed by atoms with E-state index in [0.29, 0.717) is 28.7 Å². The molecule has 6 aromatic rings.